The van der Waals surface area contributed by atoms with Gasteiger partial charge in [-0.25, -0.2) is 9.59 Å². The fourth-order valence-corrected chi connectivity index (χ4v) is 0.773. The van der Waals surface area contributed by atoms with Gasteiger partial charge in [-0.05, 0) is 0 Å². The summed E-state index contributed by atoms with van der Waals surface area (Å²) < 4.78 is 9.20. The van der Waals surface area contributed by atoms with Gasteiger partial charge in [-0.2, -0.15) is 0 Å². The molecule has 11 heavy (non-hydrogen) atoms. The Bertz CT molecular complexity index is 197. The maximum atomic E-state index is 10.7. The summed E-state index contributed by atoms with van der Waals surface area (Å²) in [6, 6.07) is 0. The molecule has 0 aliphatic carbocycles. The van der Waals surface area contributed by atoms with Crippen molar-refractivity contribution < 1.29 is 19.1 Å². The molecule has 0 aromatic rings. The van der Waals surface area contributed by atoms with Crippen LogP contribution in [0, 0.1) is 0 Å². The van der Waals surface area contributed by atoms with Crippen molar-refractivity contribution in [3.8, 4) is 0 Å². The van der Waals surface area contributed by atoms with E-state index in [-0.39, 0.29) is 0 Å². The van der Waals surface area contributed by atoms with E-state index in [0.717, 1.165) is 6.08 Å². The third-order valence-electron chi connectivity index (χ3n) is 1.31. The topological polar surface area (TPSA) is 52.6 Å². The highest BCUT2D eigenvalue weighted by Gasteiger charge is 2.29. The molecule has 0 N–H and O–H groups in total. The lowest BCUT2D eigenvalue weighted by Gasteiger charge is -2.03. The summed E-state index contributed by atoms with van der Waals surface area (Å²) in [6.07, 6.45) is 0.741. The smallest absolute Gasteiger partial charge is 0.347 e. The SMILES string of the molecule is C=CC(=O)O[C@H]1CCOC1=O. The van der Waals surface area contributed by atoms with E-state index in [2.05, 4.69) is 16.1 Å². The molecule has 4 nitrogen and oxygen atoms in total. The zero-order chi connectivity index (χ0) is 8.27. The predicted molar refractivity (Wildman–Crippen MR) is 35.7 cm³/mol. The standard InChI is InChI=1S/C7H8O4/c1-2-6(8)11-5-3-4-10-7(5)9/h2,5H,1,3-4H2/t5-/m0/s1. The van der Waals surface area contributed by atoms with Gasteiger partial charge in [0.25, 0.3) is 0 Å². The fourth-order valence-electron chi connectivity index (χ4n) is 0.773. The van der Waals surface area contributed by atoms with Crippen LogP contribution in [0.15, 0.2) is 12.7 Å². The molecule has 0 unspecified atom stereocenters. The van der Waals surface area contributed by atoms with Gasteiger partial charge in [0.1, 0.15) is 0 Å². The van der Waals surface area contributed by atoms with E-state index in [1.54, 1.807) is 0 Å². The average molecular weight is 156 g/mol. The fraction of sp³-hybridized carbons (Fsp3) is 0.429. The Morgan fingerprint density at radius 1 is 1.82 bits per heavy atom. The Morgan fingerprint density at radius 3 is 3.00 bits per heavy atom. The van der Waals surface area contributed by atoms with Gasteiger partial charge in [-0.1, -0.05) is 6.58 Å². The van der Waals surface area contributed by atoms with Crippen LogP contribution in [-0.2, 0) is 19.1 Å². The minimum atomic E-state index is -0.722. The van der Waals surface area contributed by atoms with E-state index in [9.17, 15) is 9.59 Å². The molecule has 1 saturated heterocycles. The molecule has 0 radical (unpaired) electrons. The van der Waals surface area contributed by atoms with Crippen LogP contribution in [0.1, 0.15) is 6.42 Å². The third-order valence-corrected chi connectivity index (χ3v) is 1.31. The van der Waals surface area contributed by atoms with Crippen LogP contribution in [0.5, 0.6) is 0 Å². The van der Waals surface area contributed by atoms with Gasteiger partial charge >= 0.3 is 11.9 Å². The minimum Gasteiger partial charge on any atom is -0.463 e. The van der Waals surface area contributed by atoms with Crippen LogP contribution >= 0.6 is 0 Å². The number of hydrogen-bond donors (Lipinski definition) is 0. The number of cyclic esters (lactones) is 1. The molecule has 1 aliphatic heterocycles. The van der Waals surface area contributed by atoms with Crippen LogP contribution in [0.2, 0.25) is 0 Å². The normalized spacial score (nSPS) is 22.5. The van der Waals surface area contributed by atoms with Gasteiger partial charge in [0.05, 0.1) is 6.61 Å². The Balaban J connectivity index is 2.42. The van der Waals surface area contributed by atoms with Gasteiger partial charge in [0.15, 0.2) is 0 Å². The highest BCUT2D eigenvalue weighted by Crippen LogP contribution is 2.09. The molecule has 4 heteroatoms. The average Bonchev–Trinajstić information content (AvgIpc) is 2.37. The number of hydrogen-bond acceptors (Lipinski definition) is 4. The van der Waals surface area contributed by atoms with Crippen molar-refractivity contribution in [3.63, 3.8) is 0 Å². The molecule has 60 valence electrons. The van der Waals surface area contributed by atoms with Crippen molar-refractivity contribution >= 4 is 11.9 Å². The van der Waals surface area contributed by atoms with Gasteiger partial charge in [0.2, 0.25) is 6.10 Å². The second kappa shape index (κ2) is 3.18. The monoisotopic (exact) mass is 156 g/mol. The second-order valence-corrected chi connectivity index (χ2v) is 2.09. The van der Waals surface area contributed by atoms with Gasteiger partial charge in [-0.3, -0.25) is 0 Å². The van der Waals surface area contributed by atoms with Crippen LogP contribution < -0.4 is 0 Å². The van der Waals surface area contributed by atoms with Crippen molar-refractivity contribution in [2.75, 3.05) is 6.61 Å². The summed E-state index contributed by atoms with van der Waals surface area (Å²) in [6.45, 7) is 3.53. The lowest BCUT2D eigenvalue weighted by atomic mass is 10.3. The molecule has 0 spiro atoms. The zero-order valence-electron chi connectivity index (χ0n) is 5.91. The third kappa shape index (κ3) is 1.80. The van der Waals surface area contributed by atoms with Crippen molar-refractivity contribution in [1.82, 2.24) is 0 Å². The summed E-state index contributed by atoms with van der Waals surface area (Å²) in [5.74, 6) is -1.06. The summed E-state index contributed by atoms with van der Waals surface area (Å²) in [5.41, 5.74) is 0. The number of ether oxygens (including phenoxy) is 2. The molecule has 0 aromatic heterocycles. The molecule has 0 bridgehead atoms. The molecular formula is C7H8O4. The molecule has 1 fully saturated rings. The number of carbonyl (C=O) groups excluding carboxylic acids is 2. The van der Waals surface area contributed by atoms with E-state index in [1.807, 2.05) is 0 Å². The van der Waals surface area contributed by atoms with Crippen molar-refractivity contribution in [3.05, 3.63) is 12.7 Å². The Hall–Kier alpha value is -1.32. The van der Waals surface area contributed by atoms with E-state index < -0.39 is 18.0 Å². The van der Waals surface area contributed by atoms with Gasteiger partial charge in [-0.15, -0.1) is 0 Å². The van der Waals surface area contributed by atoms with E-state index in [4.69, 9.17) is 0 Å². The summed E-state index contributed by atoms with van der Waals surface area (Å²) >= 11 is 0. The second-order valence-electron chi connectivity index (χ2n) is 2.09. The Labute approximate surface area is 63.8 Å². The zero-order valence-corrected chi connectivity index (χ0v) is 5.91. The van der Waals surface area contributed by atoms with Crippen LogP contribution in [-0.4, -0.2) is 24.6 Å². The Morgan fingerprint density at radius 2 is 2.55 bits per heavy atom. The molecule has 0 amide bonds. The molecule has 1 rings (SSSR count). The molecule has 1 aliphatic rings. The maximum Gasteiger partial charge on any atom is 0.347 e. The largest absolute Gasteiger partial charge is 0.463 e. The quantitative estimate of drug-likeness (QED) is 0.418. The molecule has 1 atom stereocenters. The number of esters is 2. The molecule has 0 saturated carbocycles. The molecule has 1 heterocycles. The van der Waals surface area contributed by atoms with E-state index >= 15 is 0 Å². The van der Waals surface area contributed by atoms with Crippen molar-refractivity contribution in [2.45, 2.75) is 12.5 Å². The first-order chi connectivity index (χ1) is 5.24. The van der Waals surface area contributed by atoms with Crippen LogP contribution in [0.25, 0.3) is 0 Å². The Kier molecular flexibility index (Phi) is 2.25. The molecular weight excluding hydrogens is 148 g/mol. The lowest BCUT2D eigenvalue weighted by molar-refractivity contribution is -0.156. The summed E-state index contributed by atoms with van der Waals surface area (Å²) in [4.78, 5) is 21.3. The number of rotatable bonds is 2. The highest BCUT2D eigenvalue weighted by molar-refractivity contribution is 5.85. The first kappa shape index (κ1) is 7.78. The van der Waals surface area contributed by atoms with E-state index in [0.29, 0.717) is 13.0 Å². The summed E-state index contributed by atoms with van der Waals surface area (Å²) in [7, 11) is 0. The predicted octanol–water partition coefficient (Wildman–Crippen LogP) is 0.0311. The maximum absolute atomic E-state index is 10.7. The number of carbonyl (C=O) groups is 2. The highest BCUT2D eigenvalue weighted by atomic mass is 16.6. The summed E-state index contributed by atoms with van der Waals surface area (Å²) in [5, 5.41) is 0. The first-order valence-corrected chi connectivity index (χ1v) is 3.23. The van der Waals surface area contributed by atoms with E-state index in [1.165, 1.54) is 0 Å². The van der Waals surface area contributed by atoms with Crippen molar-refractivity contribution in [1.29, 1.82) is 0 Å². The van der Waals surface area contributed by atoms with Crippen LogP contribution in [0.4, 0.5) is 0 Å². The minimum absolute atomic E-state index is 0.327. The first-order valence-electron chi connectivity index (χ1n) is 3.23. The lowest BCUT2D eigenvalue weighted by Crippen LogP contribution is -2.21. The van der Waals surface area contributed by atoms with Gasteiger partial charge in [0, 0.05) is 12.5 Å². The van der Waals surface area contributed by atoms with Gasteiger partial charge < -0.3 is 9.47 Å². The van der Waals surface area contributed by atoms with Crippen molar-refractivity contribution in [2.24, 2.45) is 0 Å². The van der Waals surface area contributed by atoms with Crippen LogP contribution in [0.3, 0.4) is 0 Å². The molecule has 0 aromatic carbocycles.